The SMILES string of the molecule is [CH2]c1nc(C)nn1-c1cccc(Br)c1F. The van der Waals surface area contributed by atoms with E-state index in [9.17, 15) is 4.39 Å². The fourth-order valence-corrected chi connectivity index (χ4v) is 1.66. The second-order valence-corrected chi connectivity index (χ2v) is 3.91. The fourth-order valence-electron chi connectivity index (χ4n) is 1.31. The number of aryl methyl sites for hydroxylation is 1. The maximum Gasteiger partial charge on any atom is 0.163 e. The van der Waals surface area contributed by atoms with Crippen molar-refractivity contribution < 1.29 is 4.39 Å². The average Bonchev–Trinajstić information content (AvgIpc) is 2.50. The zero-order valence-corrected chi connectivity index (χ0v) is 9.62. The third-order valence-corrected chi connectivity index (χ3v) is 2.55. The quantitative estimate of drug-likeness (QED) is 0.796. The third-order valence-electron chi connectivity index (χ3n) is 1.94. The highest BCUT2D eigenvalue weighted by atomic mass is 79.9. The van der Waals surface area contributed by atoms with Crippen LogP contribution in [0.4, 0.5) is 4.39 Å². The van der Waals surface area contributed by atoms with E-state index in [0.29, 0.717) is 21.8 Å². The van der Waals surface area contributed by atoms with Gasteiger partial charge in [0.1, 0.15) is 17.3 Å². The van der Waals surface area contributed by atoms with Crippen LogP contribution in [0.15, 0.2) is 22.7 Å². The lowest BCUT2D eigenvalue weighted by Crippen LogP contribution is -2.02. The summed E-state index contributed by atoms with van der Waals surface area (Å²) in [4.78, 5) is 4.02. The van der Waals surface area contributed by atoms with Gasteiger partial charge >= 0.3 is 0 Å². The van der Waals surface area contributed by atoms with Gasteiger partial charge in [0.05, 0.1) is 4.47 Å². The lowest BCUT2D eigenvalue weighted by atomic mass is 10.3. The summed E-state index contributed by atoms with van der Waals surface area (Å²) in [6.45, 7) is 5.43. The van der Waals surface area contributed by atoms with Gasteiger partial charge in [-0.1, -0.05) is 6.07 Å². The number of benzene rings is 1. The van der Waals surface area contributed by atoms with Gasteiger partial charge in [0.2, 0.25) is 0 Å². The molecule has 0 spiro atoms. The Labute approximate surface area is 95.1 Å². The second kappa shape index (κ2) is 3.73. The van der Waals surface area contributed by atoms with E-state index in [0.717, 1.165) is 0 Å². The summed E-state index contributed by atoms with van der Waals surface area (Å²) in [5.74, 6) is 0.621. The zero-order chi connectivity index (χ0) is 11.0. The van der Waals surface area contributed by atoms with Crippen LogP contribution in [0.1, 0.15) is 11.6 Å². The normalized spacial score (nSPS) is 10.7. The number of nitrogens with zero attached hydrogens (tertiary/aromatic N) is 3. The Balaban J connectivity index is 2.64. The van der Waals surface area contributed by atoms with Gasteiger partial charge in [-0.25, -0.2) is 14.1 Å². The largest absolute Gasteiger partial charge is 0.216 e. The summed E-state index contributed by atoms with van der Waals surface area (Å²) in [5, 5.41) is 4.06. The predicted octanol–water partition coefficient (Wildman–Crippen LogP) is 2.66. The van der Waals surface area contributed by atoms with Crippen molar-refractivity contribution in [1.29, 1.82) is 0 Å². The molecule has 0 aliphatic heterocycles. The topological polar surface area (TPSA) is 30.7 Å². The first kappa shape index (κ1) is 10.3. The van der Waals surface area contributed by atoms with Crippen LogP contribution in [-0.2, 0) is 0 Å². The molecule has 15 heavy (non-hydrogen) atoms. The van der Waals surface area contributed by atoms with Gasteiger partial charge in [-0.15, -0.1) is 0 Å². The van der Waals surface area contributed by atoms with Crippen LogP contribution in [0.5, 0.6) is 0 Å². The van der Waals surface area contributed by atoms with E-state index >= 15 is 0 Å². The summed E-state index contributed by atoms with van der Waals surface area (Å²) >= 11 is 3.12. The van der Waals surface area contributed by atoms with E-state index in [4.69, 9.17) is 0 Å². The molecule has 0 aliphatic rings. The highest BCUT2D eigenvalue weighted by Crippen LogP contribution is 2.21. The first-order valence-electron chi connectivity index (χ1n) is 4.29. The molecule has 5 heteroatoms. The molecule has 3 nitrogen and oxygen atoms in total. The van der Waals surface area contributed by atoms with Crippen molar-refractivity contribution in [2.24, 2.45) is 0 Å². The van der Waals surface area contributed by atoms with Gasteiger partial charge in [0.25, 0.3) is 0 Å². The molecule has 0 unspecified atom stereocenters. The molecule has 0 N–H and O–H groups in total. The van der Waals surface area contributed by atoms with Gasteiger partial charge in [0.15, 0.2) is 5.82 Å². The molecule has 0 saturated carbocycles. The summed E-state index contributed by atoms with van der Waals surface area (Å²) in [5.41, 5.74) is 0.343. The molecule has 0 amide bonds. The monoisotopic (exact) mass is 268 g/mol. The third kappa shape index (κ3) is 1.79. The smallest absolute Gasteiger partial charge is 0.163 e. The molecule has 0 aliphatic carbocycles. The van der Waals surface area contributed by atoms with Gasteiger partial charge in [-0.05, 0) is 35.0 Å². The minimum atomic E-state index is -0.368. The average molecular weight is 269 g/mol. The zero-order valence-electron chi connectivity index (χ0n) is 8.04. The molecule has 0 fully saturated rings. The van der Waals surface area contributed by atoms with Crippen molar-refractivity contribution in [3.63, 3.8) is 0 Å². The molecular weight excluding hydrogens is 261 g/mol. The number of rotatable bonds is 1. The van der Waals surface area contributed by atoms with Crippen LogP contribution in [-0.4, -0.2) is 14.8 Å². The Morgan fingerprint density at radius 3 is 2.80 bits per heavy atom. The number of aromatic nitrogens is 3. The Morgan fingerprint density at radius 2 is 2.20 bits per heavy atom. The Kier molecular flexibility index (Phi) is 2.56. The summed E-state index contributed by atoms with van der Waals surface area (Å²) in [6, 6.07) is 4.99. The van der Waals surface area contributed by atoms with E-state index in [2.05, 4.69) is 32.9 Å². The van der Waals surface area contributed by atoms with Gasteiger partial charge in [0, 0.05) is 6.92 Å². The molecule has 77 valence electrons. The number of hydrogen-bond acceptors (Lipinski definition) is 2. The second-order valence-electron chi connectivity index (χ2n) is 3.06. The molecular formula is C10H8BrFN3. The summed E-state index contributed by atoms with van der Waals surface area (Å²) in [6.07, 6.45) is 0. The van der Waals surface area contributed by atoms with Crippen LogP contribution >= 0.6 is 15.9 Å². The lowest BCUT2D eigenvalue weighted by molar-refractivity contribution is 0.602. The van der Waals surface area contributed by atoms with Crippen LogP contribution in [0.25, 0.3) is 5.69 Å². The molecule has 1 aromatic carbocycles. The summed E-state index contributed by atoms with van der Waals surface area (Å²) in [7, 11) is 0. The van der Waals surface area contributed by atoms with Crippen LogP contribution in [0.2, 0.25) is 0 Å². The Hall–Kier alpha value is -1.23. The molecule has 1 heterocycles. The first-order chi connectivity index (χ1) is 7.09. The Morgan fingerprint density at radius 1 is 1.47 bits per heavy atom. The van der Waals surface area contributed by atoms with E-state index in [1.54, 1.807) is 25.1 Å². The molecule has 2 aromatic rings. The summed E-state index contributed by atoms with van der Waals surface area (Å²) < 4.78 is 15.5. The highest BCUT2D eigenvalue weighted by molar-refractivity contribution is 9.10. The molecule has 0 bridgehead atoms. The van der Waals surface area contributed by atoms with Crippen molar-refractivity contribution in [1.82, 2.24) is 14.8 Å². The molecule has 1 radical (unpaired) electrons. The van der Waals surface area contributed by atoms with Crippen LogP contribution < -0.4 is 0 Å². The van der Waals surface area contributed by atoms with Crippen LogP contribution in [0.3, 0.4) is 0 Å². The Bertz CT molecular complexity index is 507. The van der Waals surface area contributed by atoms with Crippen LogP contribution in [0, 0.1) is 19.7 Å². The van der Waals surface area contributed by atoms with E-state index in [-0.39, 0.29) is 5.82 Å². The van der Waals surface area contributed by atoms with E-state index in [1.165, 1.54) is 4.68 Å². The standard InChI is InChI=1S/C10H8BrFN3/c1-6-13-7(2)15(14-6)9-5-3-4-8(11)10(9)12/h3-5H,2H2,1H3. The first-order valence-corrected chi connectivity index (χ1v) is 5.09. The number of hydrogen-bond donors (Lipinski definition) is 0. The highest BCUT2D eigenvalue weighted by Gasteiger charge is 2.11. The van der Waals surface area contributed by atoms with Crippen molar-refractivity contribution >= 4 is 15.9 Å². The molecule has 0 atom stereocenters. The van der Waals surface area contributed by atoms with Gasteiger partial charge in [-0.3, -0.25) is 0 Å². The van der Waals surface area contributed by atoms with Gasteiger partial charge in [-0.2, -0.15) is 5.10 Å². The maximum atomic E-state index is 13.7. The molecule has 2 rings (SSSR count). The maximum absolute atomic E-state index is 13.7. The minimum absolute atomic E-state index is 0.343. The van der Waals surface area contributed by atoms with E-state index in [1.807, 2.05) is 0 Å². The molecule has 1 aromatic heterocycles. The van der Waals surface area contributed by atoms with Crippen molar-refractivity contribution in [2.45, 2.75) is 6.92 Å². The minimum Gasteiger partial charge on any atom is -0.216 e. The fraction of sp³-hybridized carbons (Fsp3) is 0.100. The molecule has 0 saturated heterocycles. The van der Waals surface area contributed by atoms with E-state index < -0.39 is 0 Å². The van der Waals surface area contributed by atoms with Crippen molar-refractivity contribution in [3.05, 3.63) is 47.1 Å². The van der Waals surface area contributed by atoms with Crippen molar-refractivity contribution in [3.8, 4) is 5.69 Å². The van der Waals surface area contributed by atoms with Gasteiger partial charge < -0.3 is 0 Å². The predicted molar refractivity (Wildman–Crippen MR) is 58.2 cm³/mol. The van der Waals surface area contributed by atoms with Crippen molar-refractivity contribution in [2.75, 3.05) is 0 Å². The number of halogens is 2. The lowest BCUT2D eigenvalue weighted by Gasteiger charge is -2.05.